The van der Waals surface area contributed by atoms with E-state index in [9.17, 15) is 4.79 Å². The van der Waals surface area contributed by atoms with Gasteiger partial charge in [-0.25, -0.2) is 4.79 Å². The minimum absolute atomic E-state index is 0.278. The number of benzene rings is 1. The Morgan fingerprint density at radius 3 is 2.17 bits per heavy atom. The molecule has 0 radical (unpaired) electrons. The lowest BCUT2D eigenvalue weighted by atomic mass is 9.88. The summed E-state index contributed by atoms with van der Waals surface area (Å²) in [7, 11) is 1.80. The van der Waals surface area contributed by atoms with Crippen molar-refractivity contribution < 1.29 is 9.53 Å². The Balaban J connectivity index is 3.03. The molecule has 3 heteroatoms. The fraction of sp³-hybridized carbons (Fsp3) is 0.667. The highest BCUT2D eigenvalue weighted by molar-refractivity contribution is 5.67. The maximum atomic E-state index is 12.2. The number of rotatable bonds is 5. The molecule has 0 heterocycles. The molecule has 0 aliphatic carbocycles. The van der Waals surface area contributed by atoms with E-state index in [0.29, 0.717) is 18.4 Å². The molecule has 1 aromatic rings. The van der Waals surface area contributed by atoms with Crippen molar-refractivity contribution in [2.45, 2.75) is 79.9 Å². The number of hydrogen-bond donors (Lipinski definition) is 0. The Kier molecular flexibility index (Phi) is 6.88. The molecule has 0 fully saturated rings. The number of hydrogen-bond acceptors (Lipinski definition) is 2. The molecule has 0 aromatic heterocycles. The molecule has 0 bridgehead atoms. The highest BCUT2D eigenvalue weighted by Gasteiger charge is 2.20. The maximum Gasteiger partial charge on any atom is 0.410 e. The molecule has 0 saturated heterocycles. The van der Waals surface area contributed by atoms with Crippen LogP contribution < -0.4 is 0 Å². The monoisotopic (exact) mass is 333 g/mol. The van der Waals surface area contributed by atoms with Crippen molar-refractivity contribution in [3.63, 3.8) is 0 Å². The molecule has 1 amide bonds. The Hall–Kier alpha value is -1.51. The molecule has 136 valence electrons. The molecule has 0 unspecified atom stereocenters. The van der Waals surface area contributed by atoms with Crippen LogP contribution in [0.25, 0.3) is 0 Å². The first-order valence-electron chi connectivity index (χ1n) is 8.97. The molecule has 0 atom stereocenters. The van der Waals surface area contributed by atoms with E-state index < -0.39 is 5.60 Å². The number of nitrogens with zero attached hydrogens (tertiary/aromatic N) is 1. The predicted octanol–water partition coefficient (Wildman–Crippen LogP) is 5.68. The van der Waals surface area contributed by atoms with E-state index in [0.717, 1.165) is 6.42 Å². The van der Waals surface area contributed by atoms with Gasteiger partial charge in [0.1, 0.15) is 5.60 Å². The van der Waals surface area contributed by atoms with Gasteiger partial charge in [0.05, 0.1) is 0 Å². The van der Waals surface area contributed by atoms with Crippen molar-refractivity contribution in [1.29, 1.82) is 0 Å². The Morgan fingerprint density at radius 1 is 1.12 bits per heavy atom. The Labute approximate surface area is 148 Å². The minimum atomic E-state index is -0.468. The van der Waals surface area contributed by atoms with Crippen LogP contribution in [0, 0.1) is 12.8 Å². The van der Waals surface area contributed by atoms with E-state index in [4.69, 9.17) is 4.74 Å². The largest absolute Gasteiger partial charge is 0.444 e. The van der Waals surface area contributed by atoms with Gasteiger partial charge >= 0.3 is 6.09 Å². The normalized spacial score (nSPS) is 12.0. The van der Waals surface area contributed by atoms with Crippen molar-refractivity contribution in [1.82, 2.24) is 4.90 Å². The topological polar surface area (TPSA) is 29.5 Å². The quantitative estimate of drug-likeness (QED) is 0.693. The van der Waals surface area contributed by atoms with Gasteiger partial charge in [0.2, 0.25) is 0 Å². The van der Waals surface area contributed by atoms with Crippen molar-refractivity contribution in [2.24, 2.45) is 5.92 Å². The van der Waals surface area contributed by atoms with Crippen LogP contribution in [0.2, 0.25) is 0 Å². The average molecular weight is 334 g/mol. The standard InChI is InChI=1S/C21H35NO2/c1-14(2)10-17-11-16(5)18(12-19(17)15(3)4)13-22(9)20(23)24-21(6,7)8/h11-12,14-15H,10,13H2,1-9H3. The molecule has 24 heavy (non-hydrogen) atoms. The zero-order valence-corrected chi connectivity index (χ0v) is 17.0. The fourth-order valence-corrected chi connectivity index (χ4v) is 2.82. The van der Waals surface area contributed by atoms with Gasteiger partial charge in [-0.15, -0.1) is 0 Å². The molecule has 0 aliphatic rings. The van der Waals surface area contributed by atoms with Crippen molar-refractivity contribution in [2.75, 3.05) is 7.05 Å². The smallest absolute Gasteiger partial charge is 0.410 e. The second-order valence-electron chi connectivity index (χ2n) is 8.57. The van der Waals surface area contributed by atoms with Crippen LogP contribution >= 0.6 is 0 Å². The van der Waals surface area contributed by atoms with E-state index >= 15 is 0 Å². The van der Waals surface area contributed by atoms with Crippen LogP contribution in [0.15, 0.2) is 12.1 Å². The van der Waals surface area contributed by atoms with Crippen LogP contribution in [0.1, 0.15) is 76.6 Å². The highest BCUT2D eigenvalue weighted by atomic mass is 16.6. The summed E-state index contributed by atoms with van der Waals surface area (Å²) < 4.78 is 5.45. The summed E-state index contributed by atoms with van der Waals surface area (Å²) in [6.07, 6.45) is 0.815. The van der Waals surface area contributed by atoms with Gasteiger partial charge in [0.25, 0.3) is 0 Å². The number of carbonyl (C=O) groups excluding carboxylic acids is 1. The van der Waals surface area contributed by atoms with E-state index in [2.05, 4.69) is 46.8 Å². The summed E-state index contributed by atoms with van der Waals surface area (Å²) >= 11 is 0. The zero-order valence-electron chi connectivity index (χ0n) is 17.0. The van der Waals surface area contributed by atoms with Crippen molar-refractivity contribution >= 4 is 6.09 Å². The predicted molar refractivity (Wildman–Crippen MR) is 102 cm³/mol. The summed E-state index contributed by atoms with van der Waals surface area (Å²) in [6, 6.07) is 4.58. The van der Waals surface area contributed by atoms with Crippen LogP contribution in [0.5, 0.6) is 0 Å². The van der Waals surface area contributed by atoms with E-state index in [1.54, 1.807) is 11.9 Å². The molecule has 1 rings (SSSR count). The second-order valence-corrected chi connectivity index (χ2v) is 8.57. The second kappa shape index (κ2) is 8.04. The van der Waals surface area contributed by atoms with E-state index in [-0.39, 0.29) is 6.09 Å². The van der Waals surface area contributed by atoms with Gasteiger partial charge in [-0.1, -0.05) is 39.8 Å². The number of amides is 1. The Bertz CT molecular complexity index is 568. The van der Waals surface area contributed by atoms with Crippen molar-refractivity contribution in [3.8, 4) is 0 Å². The lowest BCUT2D eigenvalue weighted by Gasteiger charge is -2.26. The molecule has 3 nitrogen and oxygen atoms in total. The van der Waals surface area contributed by atoms with Gasteiger partial charge in [-0.3, -0.25) is 0 Å². The van der Waals surface area contributed by atoms with Crippen molar-refractivity contribution in [3.05, 3.63) is 34.4 Å². The lowest BCUT2D eigenvalue weighted by Crippen LogP contribution is -2.34. The third kappa shape index (κ3) is 6.18. The van der Waals surface area contributed by atoms with E-state index in [1.165, 1.54) is 22.3 Å². The molecule has 0 spiro atoms. The molecule has 1 aromatic carbocycles. The van der Waals surface area contributed by atoms with E-state index in [1.807, 2.05) is 20.8 Å². The summed E-state index contributed by atoms with van der Waals surface area (Å²) in [6.45, 7) is 17.3. The average Bonchev–Trinajstić information content (AvgIpc) is 2.38. The molecular formula is C21H35NO2. The fourth-order valence-electron chi connectivity index (χ4n) is 2.82. The first-order valence-corrected chi connectivity index (χ1v) is 8.97. The third-order valence-electron chi connectivity index (χ3n) is 3.96. The van der Waals surface area contributed by atoms with Crippen LogP contribution in [0.4, 0.5) is 4.79 Å². The third-order valence-corrected chi connectivity index (χ3v) is 3.96. The molecule has 0 N–H and O–H groups in total. The minimum Gasteiger partial charge on any atom is -0.444 e. The number of aryl methyl sites for hydroxylation is 1. The molecule has 0 aliphatic heterocycles. The Morgan fingerprint density at radius 2 is 1.71 bits per heavy atom. The SMILES string of the molecule is Cc1cc(CC(C)C)c(C(C)C)cc1CN(C)C(=O)OC(C)(C)C. The maximum absolute atomic E-state index is 12.2. The summed E-state index contributed by atoms with van der Waals surface area (Å²) in [5.74, 6) is 1.11. The zero-order chi connectivity index (χ0) is 18.7. The molecule has 0 saturated carbocycles. The van der Waals surface area contributed by atoms with Crippen LogP contribution in [-0.4, -0.2) is 23.6 Å². The molecular weight excluding hydrogens is 298 g/mol. The first-order chi connectivity index (χ1) is 10.9. The van der Waals surface area contributed by atoms with Crippen LogP contribution in [0.3, 0.4) is 0 Å². The van der Waals surface area contributed by atoms with Gasteiger partial charge in [-0.05, 0) is 68.2 Å². The van der Waals surface area contributed by atoms with Gasteiger partial charge < -0.3 is 9.64 Å². The van der Waals surface area contributed by atoms with Crippen LogP contribution in [-0.2, 0) is 17.7 Å². The highest BCUT2D eigenvalue weighted by Crippen LogP contribution is 2.27. The number of ether oxygens (including phenoxy) is 1. The van der Waals surface area contributed by atoms with Gasteiger partial charge in [0.15, 0.2) is 0 Å². The lowest BCUT2D eigenvalue weighted by molar-refractivity contribution is 0.0285. The van der Waals surface area contributed by atoms with Gasteiger partial charge in [-0.2, -0.15) is 0 Å². The number of carbonyl (C=O) groups is 1. The first kappa shape index (κ1) is 20.5. The summed E-state index contributed by atoms with van der Waals surface area (Å²) in [5, 5.41) is 0. The van der Waals surface area contributed by atoms with Gasteiger partial charge in [0, 0.05) is 13.6 Å². The summed E-state index contributed by atoms with van der Waals surface area (Å²) in [4.78, 5) is 13.9. The summed E-state index contributed by atoms with van der Waals surface area (Å²) in [5.41, 5.74) is 4.79.